The number of benzene rings is 3. The highest BCUT2D eigenvalue weighted by Gasteiger charge is 2.17. The third-order valence-corrected chi connectivity index (χ3v) is 6.90. The number of aromatic nitrogens is 1. The zero-order valence-electron chi connectivity index (χ0n) is 18.9. The number of ether oxygens (including phenoxy) is 1. The zero-order chi connectivity index (χ0) is 24.8. The van der Waals surface area contributed by atoms with Crippen LogP contribution in [0.3, 0.4) is 0 Å². The predicted octanol–water partition coefficient (Wildman–Crippen LogP) is 6.33. The van der Waals surface area contributed by atoms with Crippen LogP contribution < -0.4 is 15.4 Å². The Bertz CT molecular complexity index is 1340. The van der Waals surface area contributed by atoms with Crippen molar-refractivity contribution in [2.45, 2.75) is 17.1 Å². The topological polar surface area (TPSA) is 80.3 Å². The first-order valence-electron chi connectivity index (χ1n) is 10.7. The fourth-order valence-corrected chi connectivity index (χ4v) is 4.82. The second-order valence-electron chi connectivity index (χ2n) is 7.45. The summed E-state index contributed by atoms with van der Waals surface area (Å²) in [7, 11) is 1.61. The maximum absolute atomic E-state index is 13.8. The Labute approximate surface area is 210 Å². The average molecular weight is 508 g/mol. The summed E-state index contributed by atoms with van der Waals surface area (Å²) < 4.78 is 19.2. The van der Waals surface area contributed by atoms with E-state index in [4.69, 9.17) is 4.74 Å². The maximum atomic E-state index is 13.8. The number of thioether (sulfide) groups is 1. The standard InChI is InChI=1S/C26H22FN3O3S2/c1-16(24(31)30-26-29-22(15-34-26)20-8-4-6-10-23(20)33-2)35-18-13-11-17(12-14-18)28-25(32)19-7-3-5-9-21(19)27/h3-16H,1-2H3,(H,28,32)(H,29,30,31). The van der Waals surface area contributed by atoms with E-state index in [1.807, 2.05) is 36.6 Å². The molecular weight excluding hydrogens is 485 g/mol. The van der Waals surface area contributed by atoms with E-state index in [0.717, 1.165) is 16.2 Å². The third-order valence-electron chi connectivity index (χ3n) is 5.03. The van der Waals surface area contributed by atoms with Gasteiger partial charge in [-0.25, -0.2) is 9.37 Å². The summed E-state index contributed by atoms with van der Waals surface area (Å²) in [5.74, 6) is -0.555. The number of nitrogens with zero attached hydrogens (tertiary/aromatic N) is 1. The van der Waals surface area contributed by atoms with Gasteiger partial charge in [0.15, 0.2) is 5.13 Å². The first-order chi connectivity index (χ1) is 16.9. The fourth-order valence-electron chi connectivity index (χ4n) is 3.24. The van der Waals surface area contributed by atoms with Crippen molar-refractivity contribution in [1.82, 2.24) is 4.98 Å². The van der Waals surface area contributed by atoms with E-state index < -0.39 is 11.7 Å². The highest BCUT2D eigenvalue weighted by Crippen LogP contribution is 2.32. The van der Waals surface area contributed by atoms with Gasteiger partial charge >= 0.3 is 0 Å². The average Bonchev–Trinajstić information content (AvgIpc) is 3.33. The highest BCUT2D eigenvalue weighted by molar-refractivity contribution is 8.00. The number of methoxy groups -OCH3 is 1. The molecule has 0 bridgehead atoms. The van der Waals surface area contributed by atoms with Crippen LogP contribution in [0.1, 0.15) is 17.3 Å². The Hall–Kier alpha value is -3.69. The zero-order valence-corrected chi connectivity index (χ0v) is 20.6. The Balaban J connectivity index is 1.34. The van der Waals surface area contributed by atoms with Crippen LogP contribution in [0.25, 0.3) is 11.3 Å². The van der Waals surface area contributed by atoms with Gasteiger partial charge in [0, 0.05) is 21.5 Å². The molecule has 35 heavy (non-hydrogen) atoms. The summed E-state index contributed by atoms with van der Waals surface area (Å²) in [6.45, 7) is 1.81. The molecule has 0 saturated carbocycles. The van der Waals surface area contributed by atoms with Crippen LogP contribution in [-0.4, -0.2) is 29.2 Å². The van der Waals surface area contributed by atoms with E-state index in [1.54, 1.807) is 37.4 Å². The van der Waals surface area contributed by atoms with Crippen LogP contribution in [0.15, 0.2) is 83.1 Å². The van der Waals surface area contributed by atoms with Crippen LogP contribution in [0.4, 0.5) is 15.2 Å². The van der Waals surface area contributed by atoms with E-state index in [0.29, 0.717) is 16.6 Å². The molecular formula is C26H22FN3O3S2. The molecule has 4 rings (SSSR count). The molecule has 2 N–H and O–H groups in total. The number of carbonyl (C=O) groups is 2. The predicted molar refractivity (Wildman–Crippen MR) is 139 cm³/mol. The molecule has 0 radical (unpaired) electrons. The number of para-hydroxylation sites is 1. The van der Waals surface area contributed by atoms with Gasteiger partial charge < -0.3 is 15.4 Å². The van der Waals surface area contributed by atoms with Crippen molar-refractivity contribution in [3.8, 4) is 17.0 Å². The molecule has 4 aromatic rings. The number of anilines is 2. The molecule has 1 heterocycles. The Morgan fingerprint density at radius 3 is 2.46 bits per heavy atom. The first kappa shape index (κ1) is 24.4. The van der Waals surface area contributed by atoms with E-state index in [1.165, 1.54) is 41.3 Å². The summed E-state index contributed by atoms with van der Waals surface area (Å²) in [6, 6.07) is 20.4. The molecule has 9 heteroatoms. The summed E-state index contributed by atoms with van der Waals surface area (Å²) in [5.41, 5.74) is 2.10. The van der Waals surface area contributed by atoms with Gasteiger partial charge in [0.1, 0.15) is 11.6 Å². The number of halogens is 1. The molecule has 0 aliphatic rings. The molecule has 0 aliphatic carbocycles. The summed E-state index contributed by atoms with van der Waals surface area (Å²) in [5, 5.41) is 7.54. The molecule has 0 fully saturated rings. The maximum Gasteiger partial charge on any atom is 0.258 e. The lowest BCUT2D eigenvalue weighted by atomic mass is 10.1. The molecule has 6 nitrogen and oxygen atoms in total. The van der Waals surface area contributed by atoms with E-state index in [9.17, 15) is 14.0 Å². The molecule has 0 aliphatic heterocycles. The molecule has 1 atom stereocenters. The fraction of sp³-hybridized carbons (Fsp3) is 0.115. The Kier molecular flexibility index (Phi) is 7.79. The van der Waals surface area contributed by atoms with Crippen LogP contribution >= 0.6 is 23.1 Å². The van der Waals surface area contributed by atoms with Gasteiger partial charge in [-0.15, -0.1) is 23.1 Å². The van der Waals surface area contributed by atoms with Crippen molar-refractivity contribution in [3.05, 3.63) is 89.6 Å². The molecule has 1 unspecified atom stereocenters. The highest BCUT2D eigenvalue weighted by atomic mass is 32.2. The lowest BCUT2D eigenvalue weighted by Gasteiger charge is -2.11. The van der Waals surface area contributed by atoms with Crippen LogP contribution in [0, 0.1) is 5.82 Å². The van der Waals surface area contributed by atoms with Crippen molar-refractivity contribution in [1.29, 1.82) is 0 Å². The quantitative estimate of drug-likeness (QED) is 0.273. The number of nitrogens with one attached hydrogen (secondary N) is 2. The Morgan fingerprint density at radius 1 is 1.00 bits per heavy atom. The van der Waals surface area contributed by atoms with Gasteiger partial charge in [0.2, 0.25) is 5.91 Å². The monoisotopic (exact) mass is 507 g/mol. The number of thiazole rings is 1. The van der Waals surface area contributed by atoms with Crippen molar-refractivity contribution in [2.24, 2.45) is 0 Å². The van der Waals surface area contributed by atoms with Gasteiger partial charge in [0.25, 0.3) is 5.91 Å². The molecule has 0 saturated heterocycles. The second kappa shape index (κ2) is 11.2. The lowest BCUT2D eigenvalue weighted by molar-refractivity contribution is -0.115. The third kappa shape index (κ3) is 6.06. The number of carbonyl (C=O) groups excluding carboxylic acids is 2. The molecule has 178 valence electrons. The normalized spacial score (nSPS) is 11.5. The minimum atomic E-state index is -0.577. The van der Waals surface area contributed by atoms with Gasteiger partial charge in [-0.3, -0.25) is 9.59 Å². The summed E-state index contributed by atoms with van der Waals surface area (Å²) in [4.78, 5) is 30.3. The van der Waals surface area contributed by atoms with E-state index in [2.05, 4.69) is 15.6 Å². The van der Waals surface area contributed by atoms with Gasteiger partial charge in [-0.05, 0) is 55.5 Å². The van der Waals surface area contributed by atoms with Crippen LogP contribution in [-0.2, 0) is 4.79 Å². The van der Waals surface area contributed by atoms with Gasteiger partial charge in [0.05, 0.1) is 23.6 Å². The molecule has 2 amide bonds. The van der Waals surface area contributed by atoms with Crippen molar-refractivity contribution < 1.29 is 18.7 Å². The van der Waals surface area contributed by atoms with Crippen molar-refractivity contribution in [3.63, 3.8) is 0 Å². The summed E-state index contributed by atoms with van der Waals surface area (Å²) in [6.07, 6.45) is 0. The van der Waals surface area contributed by atoms with Gasteiger partial charge in [-0.1, -0.05) is 24.3 Å². The van der Waals surface area contributed by atoms with Crippen molar-refractivity contribution >= 4 is 45.7 Å². The largest absolute Gasteiger partial charge is 0.496 e. The minimum absolute atomic E-state index is 0.0210. The van der Waals surface area contributed by atoms with E-state index >= 15 is 0 Å². The number of hydrogen-bond acceptors (Lipinski definition) is 6. The number of rotatable bonds is 8. The van der Waals surface area contributed by atoms with Crippen LogP contribution in [0.2, 0.25) is 0 Å². The van der Waals surface area contributed by atoms with Gasteiger partial charge in [-0.2, -0.15) is 0 Å². The van der Waals surface area contributed by atoms with Crippen molar-refractivity contribution in [2.75, 3.05) is 17.7 Å². The molecule has 1 aromatic heterocycles. The molecule has 3 aromatic carbocycles. The minimum Gasteiger partial charge on any atom is -0.496 e. The number of hydrogen-bond donors (Lipinski definition) is 2. The number of amides is 2. The lowest BCUT2D eigenvalue weighted by Crippen LogP contribution is -2.22. The van der Waals surface area contributed by atoms with E-state index in [-0.39, 0.29) is 16.7 Å². The molecule has 0 spiro atoms. The summed E-state index contributed by atoms with van der Waals surface area (Å²) >= 11 is 2.73. The first-order valence-corrected chi connectivity index (χ1v) is 12.4. The SMILES string of the molecule is COc1ccccc1-c1csc(NC(=O)C(C)Sc2ccc(NC(=O)c3ccccc3F)cc2)n1. The second-order valence-corrected chi connectivity index (χ2v) is 9.72. The smallest absolute Gasteiger partial charge is 0.258 e. The Morgan fingerprint density at radius 2 is 1.71 bits per heavy atom. The van der Waals surface area contributed by atoms with Crippen LogP contribution in [0.5, 0.6) is 5.75 Å².